The van der Waals surface area contributed by atoms with Crippen LogP contribution in [0.25, 0.3) is 0 Å². The summed E-state index contributed by atoms with van der Waals surface area (Å²) in [6.07, 6.45) is -2.64. The Hall–Kier alpha value is -2.49. The molecule has 0 amide bonds. The van der Waals surface area contributed by atoms with Crippen LogP contribution in [0.5, 0.6) is 0 Å². The van der Waals surface area contributed by atoms with Crippen molar-refractivity contribution in [3.05, 3.63) is 59.7 Å². The minimum absolute atomic E-state index is 0. The van der Waals surface area contributed by atoms with Crippen molar-refractivity contribution in [2.24, 2.45) is 11.8 Å². The van der Waals surface area contributed by atoms with Crippen LogP contribution in [0.3, 0.4) is 0 Å². The number of carbonyl (C=O) groups is 2. The van der Waals surface area contributed by atoms with Gasteiger partial charge in [-0.05, 0) is 12.1 Å². The monoisotopic (exact) mass is 557 g/mol. The normalized spacial score (nSPS) is 11.9. The predicted octanol–water partition coefficient (Wildman–Crippen LogP) is -2.10. The summed E-state index contributed by atoms with van der Waals surface area (Å²) in [5.74, 6) is 6.76. The number of anilines is 2. The number of benzene rings is 2. The first kappa shape index (κ1) is 24.5. The Kier molecular flexibility index (Phi) is 10.9. The summed E-state index contributed by atoms with van der Waals surface area (Å²) >= 11 is 0. The van der Waals surface area contributed by atoms with E-state index in [-0.39, 0.29) is 21.1 Å². The molecule has 27 heavy (non-hydrogen) atoms. The summed E-state index contributed by atoms with van der Waals surface area (Å²) in [7, 11) is 0. The van der Waals surface area contributed by atoms with E-state index in [0.717, 1.165) is 0 Å². The molecule has 0 fully saturated rings. The average Bonchev–Trinajstić information content (AvgIpc) is 2.59. The molecular formula is C16H18N4O6Pt. The molecule has 0 saturated heterocycles. The van der Waals surface area contributed by atoms with Crippen LogP contribution in [0.2, 0.25) is 0 Å². The summed E-state index contributed by atoms with van der Waals surface area (Å²) in [5, 5.41) is 21.0. The smallest absolute Gasteiger partial charge is 0.547 e. The fraction of sp³-hybridized carbons (Fsp3) is 0.125. The SMILES string of the molecule is NOC(C(=O)[O-])c1ccccc1N.NOC(C(=O)[O-])c1ccccc1N.[Pt+2]. The molecule has 2 unspecified atom stereocenters. The van der Waals surface area contributed by atoms with Gasteiger partial charge in [-0.15, -0.1) is 0 Å². The van der Waals surface area contributed by atoms with E-state index < -0.39 is 24.1 Å². The molecule has 0 saturated carbocycles. The second-order valence-electron chi connectivity index (χ2n) is 4.93. The van der Waals surface area contributed by atoms with Crippen LogP contribution in [-0.4, -0.2) is 11.9 Å². The molecule has 2 rings (SSSR count). The molecule has 148 valence electrons. The fourth-order valence-corrected chi connectivity index (χ4v) is 2.01. The second kappa shape index (κ2) is 12.0. The number of carboxylic acid groups (broad SMARTS) is 2. The Morgan fingerprint density at radius 1 is 0.741 bits per heavy atom. The molecule has 0 aliphatic rings. The van der Waals surface area contributed by atoms with Crippen LogP contribution < -0.4 is 33.5 Å². The van der Waals surface area contributed by atoms with Crippen LogP contribution in [-0.2, 0) is 40.3 Å². The molecule has 0 heterocycles. The Labute approximate surface area is 169 Å². The Morgan fingerprint density at radius 2 is 1.04 bits per heavy atom. The van der Waals surface area contributed by atoms with Crippen LogP contribution in [0.4, 0.5) is 11.4 Å². The molecule has 0 spiro atoms. The predicted molar refractivity (Wildman–Crippen MR) is 87.7 cm³/mol. The molecule has 0 bridgehead atoms. The summed E-state index contributed by atoms with van der Waals surface area (Å²) in [4.78, 5) is 29.5. The van der Waals surface area contributed by atoms with E-state index in [1.54, 1.807) is 36.4 Å². The number of para-hydroxylation sites is 2. The zero-order valence-electron chi connectivity index (χ0n) is 13.8. The first-order valence-corrected chi connectivity index (χ1v) is 7.15. The maximum atomic E-state index is 10.5. The molecule has 2 aromatic carbocycles. The van der Waals surface area contributed by atoms with Crippen LogP contribution in [0.15, 0.2) is 48.5 Å². The largest absolute Gasteiger partial charge is 2.00 e. The average molecular weight is 557 g/mol. The molecule has 0 radical (unpaired) electrons. The van der Waals surface area contributed by atoms with Gasteiger partial charge in [0.1, 0.15) is 12.2 Å². The number of nitrogens with two attached hydrogens (primary N) is 4. The molecule has 8 N–H and O–H groups in total. The van der Waals surface area contributed by atoms with Gasteiger partial charge in [-0.3, -0.25) is 9.68 Å². The van der Waals surface area contributed by atoms with E-state index in [1.807, 2.05) is 0 Å². The Morgan fingerprint density at radius 3 is 1.26 bits per heavy atom. The molecule has 2 atom stereocenters. The van der Waals surface area contributed by atoms with E-state index >= 15 is 0 Å². The van der Waals surface area contributed by atoms with Crippen molar-refractivity contribution in [2.45, 2.75) is 12.2 Å². The first-order chi connectivity index (χ1) is 12.3. The summed E-state index contributed by atoms with van der Waals surface area (Å²) in [5.41, 5.74) is 12.2. The van der Waals surface area contributed by atoms with Gasteiger partial charge < -0.3 is 31.3 Å². The summed E-state index contributed by atoms with van der Waals surface area (Å²) < 4.78 is 0. The molecule has 0 aromatic heterocycles. The fourth-order valence-electron chi connectivity index (χ4n) is 2.01. The summed E-state index contributed by atoms with van der Waals surface area (Å²) in [6, 6.07) is 12.8. The van der Waals surface area contributed by atoms with Gasteiger partial charge in [0.25, 0.3) is 0 Å². The minimum Gasteiger partial charge on any atom is -0.547 e. The number of carboxylic acids is 2. The van der Waals surface area contributed by atoms with Gasteiger partial charge in [-0.1, -0.05) is 36.4 Å². The van der Waals surface area contributed by atoms with Gasteiger partial charge in [0.05, 0.1) is 11.9 Å². The maximum Gasteiger partial charge on any atom is 2.00 e. The quantitative estimate of drug-likeness (QED) is 0.225. The van der Waals surface area contributed by atoms with E-state index in [9.17, 15) is 19.8 Å². The number of nitrogen functional groups attached to an aromatic ring is 2. The third-order valence-electron chi connectivity index (χ3n) is 3.26. The Bertz CT molecular complexity index is 698. The van der Waals surface area contributed by atoms with Crippen molar-refractivity contribution in [1.82, 2.24) is 0 Å². The van der Waals surface area contributed by atoms with Crippen LogP contribution >= 0.6 is 0 Å². The van der Waals surface area contributed by atoms with Gasteiger partial charge >= 0.3 is 21.1 Å². The first-order valence-electron chi connectivity index (χ1n) is 7.15. The molecule has 10 nitrogen and oxygen atoms in total. The number of hydrogen-bond acceptors (Lipinski definition) is 10. The van der Waals surface area contributed by atoms with E-state index in [4.69, 9.17) is 23.3 Å². The number of hydrogen-bond donors (Lipinski definition) is 4. The summed E-state index contributed by atoms with van der Waals surface area (Å²) in [6.45, 7) is 0. The van der Waals surface area contributed by atoms with Gasteiger partial charge in [0, 0.05) is 22.5 Å². The maximum absolute atomic E-state index is 10.5. The van der Waals surface area contributed by atoms with Gasteiger partial charge in [-0.2, -0.15) is 0 Å². The van der Waals surface area contributed by atoms with Crippen molar-refractivity contribution in [3.63, 3.8) is 0 Å². The topological polar surface area (TPSA) is 203 Å². The van der Waals surface area contributed by atoms with E-state index in [0.29, 0.717) is 22.5 Å². The zero-order chi connectivity index (χ0) is 19.7. The van der Waals surface area contributed by atoms with Crippen molar-refractivity contribution in [1.29, 1.82) is 0 Å². The van der Waals surface area contributed by atoms with Crippen LogP contribution in [0.1, 0.15) is 23.3 Å². The molecular weight excluding hydrogens is 539 g/mol. The van der Waals surface area contributed by atoms with Crippen molar-refractivity contribution in [2.75, 3.05) is 11.5 Å². The molecule has 2 aromatic rings. The molecule has 0 aliphatic carbocycles. The van der Waals surface area contributed by atoms with E-state index in [1.165, 1.54) is 12.1 Å². The van der Waals surface area contributed by atoms with Crippen molar-refractivity contribution < 1.29 is 50.5 Å². The second-order valence-corrected chi connectivity index (χ2v) is 4.93. The number of carbonyl (C=O) groups excluding carboxylic acids is 2. The van der Waals surface area contributed by atoms with Gasteiger partial charge in [0.2, 0.25) is 0 Å². The molecule has 11 heteroatoms. The molecule has 0 aliphatic heterocycles. The minimum atomic E-state index is -1.42. The van der Waals surface area contributed by atoms with Crippen molar-refractivity contribution in [3.8, 4) is 0 Å². The third-order valence-corrected chi connectivity index (χ3v) is 3.26. The third kappa shape index (κ3) is 6.97. The van der Waals surface area contributed by atoms with Gasteiger partial charge in [0.15, 0.2) is 0 Å². The van der Waals surface area contributed by atoms with E-state index in [2.05, 4.69) is 9.68 Å². The Balaban J connectivity index is 0.000000483. The van der Waals surface area contributed by atoms with Gasteiger partial charge in [-0.25, -0.2) is 11.8 Å². The zero-order valence-corrected chi connectivity index (χ0v) is 16.1. The van der Waals surface area contributed by atoms with Crippen molar-refractivity contribution >= 4 is 23.3 Å². The number of rotatable bonds is 6. The van der Waals surface area contributed by atoms with Crippen LogP contribution in [0, 0.1) is 0 Å². The standard InChI is InChI=1S/2C8H10N2O3.Pt/c2*9-6-4-2-1-3-5(6)7(13-10)8(11)12;/h2*1-4,7H,9-10H2,(H,11,12);/q;;+2/p-2. The number of aliphatic carboxylic acids is 2.